The fourth-order valence-corrected chi connectivity index (χ4v) is 5.80. The fourth-order valence-electron chi connectivity index (χ4n) is 5.80. The molecule has 1 N–H and O–H groups in total. The molecule has 0 spiro atoms. The van der Waals surface area contributed by atoms with Crippen LogP contribution < -0.4 is 0 Å². The lowest BCUT2D eigenvalue weighted by Gasteiger charge is -2.54. The minimum Gasteiger partial charge on any atom is -0.497 e. The van der Waals surface area contributed by atoms with Gasteiger partial charge < -0.3 is 10.0 Å². The molecule has 1 aromatic carbocycles. The molecule has 1 heterocycles. The van der Waals surface area contributed by atoms with Crippen molar-refractivity contribution in [2.75, 3.05) is 6.54 Å². The summed E-state index contributed by atoms with van der Waals surface area (Å²) in [6.45, 7) is 4.41. The predicted octanol–water partition coefficient (Wildman–Crippen LogP) is 3.45. The van der Waals surface area contributed by atoms with Crippen molar-refractivity contribution in [1.82, 2.24) is 4.90 Å². The number of nitro groups is 2. The van der Waals surface area contributed by atoms with Crippen LogP contribution in [0.4, 0.5) is 11.4 Å². The summed E-state index contributed by atoms with van der Waals surface area (Å²) in [5.74, 6) is -0.757. The van der Waals surface area contributed by atoms with Gasteiger partial charge in [-0.15, -0.1) is 0 Å². The lowest BCUT2D eigenvalue weighted by molar-refractivity contribution is -0.397. The Labute approximate surface area is 168 Å². The van der Waals surface area contributed by atoms with Gasteiger partial charge in [0.25, 0.3) is 5.75 Å². The lowest BCUT2D eigenvalue weighted by Crippen LogP contribution is -2.60. The second-order valence-corrected chi connectivity index (χ2v) is 8.88. The molecule has 1 amide bonds. The van der Waals surface area contributed by atoms with Crippen LogP contribution in [-0.4, -0.2) is 38.3 Å². The molecule has 156 valence electrons. The van der Waals surface area contributed by atoms with Crippen LogP contribution in [0.2, 0.25) is 0 Å². The summed E-state index contributed by atoms with van der Waals surface area (Å²) in [7, 11) is 0. The normalized spacial score (nSPS) is 28.8. The molecule has 1 aromatic rings. The van der Waals surface area contributed by atoms with Crippen LogP contribution in [0.1, 0.15) is 57.1 Å². The Balaban J connectivity index is 1.83. The van der Waals surface area contributed by atoms with Crippen molar-refractivity contribution < 1.29 is 19.7 Å². The molecule has 2 bridgehead atoms. The number of fused-ring (bicyclic) bond motifs is 4. The molecule has 9 heteroatoms. The van der Waals surface area contributed by atoms with Gasteiger partial charge in [0.15, 0.2) is 0 Å². The highest BCUT2D eigenvalue weighted by Crippen LogP contribution is 2.55. The standard InChI is InChI=1S/C20H25N3O6/c1-11-14-9-13-10-15(22(26)27)18(24)17(23(28)29)16(13)20(11,2)7-8-21(14)19(25)12-5-3-4-6-12/h10-12,14,24H,3-9H2,1-2H3/t11-,14+,20+/m0/s1. The number of hydrogen-bond donors (Lipinski definition) is 1. The minimum atomic E-state index is -0.880. The van der Waals surface area contributed by atoms with E-state index in [0.29, 0.717) is 30.5 Å². The zero-order valence-corrected chi connectivity index (χ0v) is 16.6. The smallest absolute Gasteiger partial charge is 0.322 e. The van der Waals surface area contributed by atoms with Crippen LogP contribution in [0.5, 0.6) is 5.75 Å². The maximum absolute atomic E-state index is 13.1. The van der Waals surface area contributed by atoms with Gasteiger partial charge in [-0.05, 0) is 37.2 Å². The second-order valence-electron chi connectivity index (χ2n) is 8.88. The van der Waals surface area contributed by atoms with E-state index in [1.165, 1.54) is 6.07 Å². The maximum atomic E-state index is 13.1. The fraction of sp³-hybridized carbons (Fsp3) is 0.650. The van der Waals surface area contributed by atoms with Crippen molar-refractivity contribution in [1.29, 1.82) is 0 Å². The van der Waals surface area contributed by atoms with E-state index in [9.17, 15) is 30.1 Å². The molecular weight excluding hydrogens is 378 g/mol. The number of phenolic OH excluding ortho intramolecular Hbond substituents is 1. The number of likely N-dealkylation sites (tertiary alicyclic amines) is 1. The monoisotopic (exact) mass is 403 g/mol. The molecule has 1 saturated heterocycles. The number of phenols is 1. The Kier molecular flexibility index (Phi) is 4.51. The van der Waals surface area contributed by atoms with Gasteiger partial charge >= 0.3 is 11.4 Å². The summed E-state index contributed by atoms with van der Waals surface area (Å²) in [6.07, 6.45) is 4.76. The van der Waals surface area contributed by atoms with E-state index in [1.807, 2.05) is 18.7 Å². The van der Waals surface area contributed by atoms with Crippen LogP contribution >= 0.6 is 0 Å². The SMILES string of the molecule is C[C@H]1[C@H]2Cc3cc([N+](=O)[O-])c(O)c([N+](=O)[O-])c3[C@]1(C)CCN2C(=O)C1CCCC1. The van der Waals surface area contributed by atoms with Crippen molar-refractivity contribution in [2.45, 2.75) is 63.8 Å². The number of carbonyl (C=O) groups excluding carboxylic acids is 1. The Bertz CT molecular complexity index is 910. The molecule has 0 unspecified atom stereocenters. The second kappa shape index (κ2) is 6.67. The molecule has 4 rings (SSSR count). The minimum absolute atomic E-state index is 0.0384. The molecule has 1 saturated carbocycles. The average molecular weight is 403 g/mol. The Morgan fingerprint density at radius 3 is 2.48 bits per heavy atom. The quantitative estimate of drug-likeness (QED) is 0.608. The highest BCUT2D eigenvalue weighted by Gasteiger charge is 2.54. The largest absolute Gasteiger partial charge is 0.497 e. The highest BCUT2D eigenvalue weighted by molar-refractivity contribution is 5.80. The first-order valence-corrected chi connectivity index (χ1v) is 10.2. The van der Waals surface area contributed by atoms with Crippen molar-refractivity contribution in [3.05, 3.63) is 37.4 Å². The van der Waals surface area contributed by atoms with E-state index in [1.54, 1.807) is 0 Å². The molecule has 2 aliphatic carbocycles. The molecule has 1 aliphatic heterocycles. The Morgan fingerprint density at radius 2 is 1.90 bits per heavy atom. The average Bonchev–Trinajstić information content (AvgIpc) is 3.18. The molecule has 29 heavy (non-hydrogen) atoms. The van der Waals surface area contributed by atoms with Gasteiger partial charge in [-0.1, -0.05) is 26.7 Å². The molecule has 0 aromatic heterocycles. The van der Waals surface area contributed by atoms with Crippen LogP contribution in [0.15, 0.2) is 6.07 Å². The van der Waals surface area contributed by atoms with Crippen molar-refractivity contribution >= 4 is 17.3 Å². The Hall–Kier alpha value is -2.71. The number of nitro benzene ring substituents is 2. The summed E-state index contributed by atoms with van der Waals surface area (Å²) >= 11 is 0. The maximum Gasteiger partial charge on any atom is 0.322 e. The van der Waals surface area contributed by atoms with Gasteiger partial charge in [-0.2, -0.15) is 0 Å². The van der Waals surface area contributed by atoms with E-state index in [4.69, 9.17) is 0 Å². The first kappa shape index (κ1) is 19.6. The number of nitrogens with zero attached hydrogens (tertiary/aromatic N) is 3. The van der Waals surface area contributed by atoms with Crippen LogP contribution in [0.3, 0.4) is 0 Å². The summed E-state index contributed by atoms with van der Waals surface area (Å²) in [4.78, 5) is 36.7. The Morgan fingerprint density at radius 1 is 1.24 bits per heavy atom. The molecule has 3 atom stereocenters. The van der Waals surface area contributed by atoms with Gasteiger partial charge in [-0.3, -0.25) is 25.0 Å². The summed E-state index contributed by atoms with van der Waals surface area (Å²) < 4.78 is 0. The topological polar surface area (TPSA) is 127 Å². The van der Waals surface area contributed by atoms with Crippen molar-refractivity contribution in [3.63, 3.8) is 0 Å². The van der Waals surface area contributed by atoms with Gasteiger partial charge in [0.2, 0.25) is 5.91 Å². The molecule has 9 nitrogen and oxygen atoms in total. The summed E-state index contributed by atoms with van der Waals surface area (Å²) in [5.41, 5.74) is -0.962. The zero-order chi connectivity index (χ0) is 21.1. The van der Waals surface area contributed by atoms with Gasteiger partial charge in [0.1, 0.15) is 0 Å². The van der Waals surface area contributed by atoms with Gasteiger partial charge in [0.05, 0.1) is 9.85 Å². The molecule has 0 radical (unpaired) electrons. The number of amides is 1. The first-order valence-electron chi connectivity index (χ1n) is 10.2. The van der Waals surface area contributed by atoms with Crippen LogP contribution in [0, 0.1) is 32.1 Å². The van der Waals surface area contributed by atoms with E-state index >= 15 is 0 Å². The van der Waals surface area contributed by atoms with E-state index in [0.717, 1.165) is 25.7 Å². The van der Waals surface area contributed by atoms with Gasteiger partial charge in [0, 0.05) is 35.5 Å². The third-order valence-electron chi connectivity index (χ3n) is 7.56. The molecule has 3 aliphatic rings. The van der Waals surface area contributed by atoms with Crippen molar-refractivity contribution in [3.8, 4) is 5.75 Å². The van der Waals surface area contributed by atoms with Crippen molar-refractivity contribution in [2.24, 2.45) is 11.8 Å². The highest BCUT2D eigenvalue weighted by atomic mass is 16.6. The third kappa shape index (κ3) is 2.78. The van der Waals surface area contributed by atoms with E-state index in [2.05, 4.69) is 0 Å². The summed E-state index contributed by atoms with van der Waals surface area (Å²) in [5, 5.41) is 33.5. The zero-order valence-electron chi connectivity index (χ0n) is 16.6. The van der Waals surface area contributed by atoms with Crippen LogP contribution in [-0.2, 0) is 16.6 Å². The number of benzene rings is 1. The predicted molar refractivity (Wildman–Crippen MR) is 104 cm³/mol. The van der Waals surface area contributed by atoms with E-state index < -0.39 is 32.4 Å². The summed E-state index contributed by atoms with van der Waals surface area (Å²) in [6, 6.07) is 1.11. The van der Waals surface area contributed by atoms with Crippen LogP contribution in [0.25, 0.3) is 0 Å². The first-order chi connectivity index (χ1) is 13.7. The lowest BCUT2D eigenvalue weighted by atomic mass is 9.58. The number of hydrogen-bond acceptors (Lipinski definition) is 6. The van der Waals surface area contributed by atoms with Gasteiger partial charge in [-0.25, -0.2) is 0 Å². The molecule has 2 fully saturated rings. The molecular formula is C20H25N3O6. The number of rotatable bonds is 3. The third-order valence-corrected chi connectivity index (χ3v) is 7.56. The number of piperidine rings is 1. The number of carbonyl (C=O) groups is 1. The number of aromatic hydroxyl groups is 1. The van der Waals surface area contributed by atoms with E-state index in [-0.39, 0.29) is 23.8 Å².